The quantitative estimate of drug-likeness (QED) is 0.757. The summed E-state index contributed by atoms with van der Waals surface area (Å²) in [7, 11) is -1.77. The fourth-order valence-electron chi connectivity index (χ4n) is 2.22. The highest BCUT2D eigenvalue weighted by Crippen LogP contribution is 2.31. The van der Waals surface area contributed by atoms with Gasteiger partial charge in [-0.15, -0.1) is 10.2 Å². The molecule has 1 atom stereocenters. The lowest BCUT2D eigenvalue weighted by atomic mass is 10.1. The zero-order valence-corrected chi connectivity index (χ0v) is 12.8. The van der Waals surface area contributed by atoms with Crippen molar-refractivity contribution in [1.29, 1.82) is 0 Å². The molecule has 2 rings (SSSR count). The summed E-state index contributed by atoms with van der Waals surface area (Å²) in [4.78, 5) is 0. The number of sulfone groups is 1. The van der Waals surface area contributed by atoms with Gasteiger partial charge >= 0.3 is 0 Å². The van der Waals surface area contributed by atoms with Crippen LogP contribution in [0.5, 0.6) is 0 Å². The highest BCUT2D eigenvalue weighted by atomic mass is 35.7. The highest BCUT2D eigenvalue weighted by molar-refractivity contribution is 8.13. The molecular formula is C9H14ClN3O4S2. The molecule has 10 heteroatoms. The lowest BCUT2D eigenvalue weighted by Crippen LogP contribution is -2.15. The molecule has 0 saturated carbocycles. The Kier molecular flexibility index (Phi) is 3.65. The van der Waals surface area contributed by atoms with E-state index in [9.17, 15) is 16.8 Å². The van der Waals surface area contributed by atoms with E-state index in [1.165, 1.54) is 4.57 Å². The number of hydrogen-bond donors (Lipinski definition) is 0. The Morgan fingerprint density at radius 1 is 1.37 bits per heavy atom. The minimum absolute atomic E-state index is 0.0276. The van der Waals surface area contributed by atoms with E-state index in [0.717, 1.165) is 0 Å². The van der Waals surface area contributed by atoms with Crippen LogP contribution >= 0.6 is 10.7 Å². The first-order valence-electron chi connectivity index (χ1n) is 5.71. The van der Waals surface area contributed by atoms with Crippen LogP contribution < -0.4 is 0 Å². The SMILES string of the molecule is CC(C)n1c(C2CCS(=O)(=O)C2)nnc1S(=O)(=O)Cl. The largest absolute Gasteiger partial charge is 0.298 e. The molecule has 1 saturated heterocycles. The van der Waals surface area contributed by atoms with Crippen molar-refractivity contribution in [2.24, 2.45) is 0 Å². The Balaban J connectivity index is 2.51. The topological polar surface area (TPSA) is 99.0 Å². The molecule has 1 unspecified atom stereocenters. The van der Waals surface area contributed by atoms with Gasteiger partial charge in [-0.05, 0) is 20.3 Å². The van der Waals surface area contributed by atoms with Crippen LogP contribution in [-0.2, 0) is 18.9 Å². The van der Waals surface area contributed by atoms with E-state index >= 15 is 0 Å². The molecule has 0 spiro atoms. The number of nitrogens with zero attached hydrogens (tertiary/aromatic N) is 3. The van der Waals surface area contributed by atoms with Gasteiger partial charge in [0.1, 0.15) is 5.82 Å². The summed E-state index contributed by atoms with van der Waals surface area (Å²) in [6.07, 6.45) is 0.426. The maximum Gasteiger partial charge on any atom is 0.296 e. The van der Waals surface area contributed by atoms with Crippen molar-refractivity contribution in [3.63, 3.8) is 0 Å². The Morgan fingerprint density at radius 2 is 2.00 bits per heavy atom. The molecule has 0 bridgehead atoms. The van der Waals surface area contributed by atoms with Crippen molar-refractivity contribution in [3.8, 4) is 0 Å². The van der Waals surface area contributed by atoms with Crippen molar-refractivity contribution in [2.45, 2.75) is 37.4 Å². The van der Waals surface area contributed by atoms with Crippen LogP contribution in [0.1, 0.15) is 38.1 Å². The second kappa shape index (κ2) is 4.71. The van der Waals surface area contributed by atoms with E-state index in [1.807, 2.05) is 0 Å². The van der Waals surface area contributed by atoms with Crippen molar-refractivity contribution < 1.29 is 16.8 Å². The molecule has 0 radical (unpaired) electrons. The normalized spacial score (nSPS) is 23.1. The zero-order valence-electron chi connectivity index (χ0n) is 10.4. The lowest BCUT2D eigenvalue weighted by molar-refractivity contribution is 0.493. The summed E-state index contributed by atoms with van der Waals surface area (Å²) in [6.45, 7) is 3.53. The average Bonchev–Trinajstić information content (AvgIpc) is 2.79. The van der Waals surface area contributed by atoms with Crippen LogP contribution in [0.3, 0.4) is 0 Å². The van der Waals surface area contributed by atoms with Crippen LogP contribution in [0.4, 0.5) is 0 Å². The Bertz CT molecular complexity index is 693. The molecule has 0 amide bonds. The Hall–Kier alpha value is -0.670. The third kappa shape index (κ3) is 2.92. The predicted molar refractivity (Wildman–Crippen MR) is 69.5 cm³/mol. The molecule has 0 N–H and O–H groups in total. The third-order valence-corrected chi connectivity index (χ3v) is 5.92. The number of hydrogen-bond acceptors (Lipinski definition) is 6. The van der Waals surface area contributed by atoms with Crippen LogP contribution in [0, 0.1) is 0 Å². The van der Waals surface area contributed by atoms with E-state index in [4.69, 9.17) is 10.7 Å². The standard InChI is InChI=1S/C9H14ClN3O4S2/c1-6(2)13-8(7-3-4-18(14,15)5-7)11-12-9(13)19(10,16)17/h6-7H,3-5H2,1-2H3. The van der Waals surface area contributed by atoms with Gasteiger partial charge in [0.05, 0.1) is 11.5 Å². The van der Waals surface area contributed by atoms with Gasteiger partial charge in [0.15, 0.2) is 9.84 Å². The zero-order chi connectivity index (χ0) is 14.4. The Labute approximate surface area is 116 Å². The van der Waals surface area contributed by atoms with Gasteiger partial charge in [-0.1, -0.05) is 0 Å². The van der Waals surface area contributed by atoms with Crippen LogP contribution in [0.2, 0.25) is 0 Å². The highest BCUT2D eigenvalue weighted by Gasteiger charge is 2.35. The van der Waals surface area contributed by atoms with Gasteiger partial charge in [0.25, 0.3) is 14.2 Å². The Morgan fingerprint density at radius 3 is 2.42 bits per heavy atom. The van der Waals surface area contributed by atoms with E-state index in [0.29, 0.717) is 12.2 Å². The summed E-state index contributed by atoms with van der Waals surface area (Å²) in [5.41, 5.74) is 0. The first-order valence-corrected chi connectivity index (χ1v) is 9.85. The summed E-state index contributed by atoms with van der Waals surface area (Å²) >= 11 is 0. The maximum atomic E-state index is 11.5. The van der Waals surface area contributed by atoms with Gasteiger partial charge < -0.3 is 0 Å². The molecule has 1 aromatic rings. The fourth-order valence-corrected chi connectivity index (χ4v) is 4.95. The van der Waals surface area contributed by atoms with Crippen LogP contribution in [0.25, 0.3) is 0 Å². The molecule has 0 aliphatic carbocycles. The van der Waals surface area contributed by atoms with Gasteiger partial charge in [0.2, 0.25) is 0 Å². The van der Waals surface area contributed by atoms with Crippen LogP contribution in [0.15, 0.2) is 5.16 Å². The summed E-state index contributed by atoms with van der Waals surface area (Å²) in [5, 5.41) is 7.11. The fraction of sp³-hybridized carbons (Fsp3) is 0.778. The van der Waals surface area contributed by atoms with E-state index in [2.05, 4.69) is 10.2 Å². The first-order chi connectivity index (χ1) is 8.62. The van der Waals surface area contributed by atoms with Gasteiger partial charge in [-0.2, -0.15) is 0 Å². The van der Waals surface area contributed by atoms with E-state index in [1.54, 1.807) is 13.8 Å². The molecule has 1 aliphatic heterocycles. The summed E-state index contributed by atoms with van der Waals surface area (Å²) < 4.78 is 47.3. The molecule has 1 aliphatic rings. The average molecular weight is 328 g/mol. The molecule has 0 aromatic carbocycles. The number of halogens is 1. The molecule has 1 aromatic heterocycles. The van der Waals surface area contributed by atoms with Crippen molar-refractivity contribution in [3.05, 3.63) is 5.82 Å². The minimum Gasteiger partial charge on any atom is -0.298 e. The molecular weight excluding hydrogens is 314 g/mol. The smallest absolute Gasteiger partial charge is 0.296 e. The molecule has 19 heavy (non-hydrogen) atoms. The predicted octanol–water partition coefficient (Wildman–Crippen LogP) is 0.689. The second-order valence-corrected chi connectivity index (χ2v) is 9.53. The van der Waals surface area contributed by atoms with Gasteiger partial charge in [-0.3, -0.25) is 4.57 Å². The third-order valence-electron chi connectivity index (χ3n) is 3.02. The van der Waals surface area contributed by atoms with Gasteiger partial charge in [0, 0.05) is 22.6 Å². The summed E-state index contributed by atoms with van der Waals surface area (Å²) in [5.74, 6) is 0.105. The molecule has 108 valence electrons. The molecule has 2 heterocycles. The summed E-state index contributed by atoms with van der Waals surface area (Å²) in [6, 6.07) is -0.225. The van der Waals surface area contributed by atoms with E-state index in [-0.39, 0.29) is 28.6 Å². The number of rotatable bonds is 3. The first kappa shape index (κ1) is 14.7. The second-order valence-electron chi connectivity index (χ2n) is 4.84. The lowest BCUT2D eigenvalue weighted by Gasteiger charge is -2.15. The number of aromatic nitrogens is 3. The maximum absolute atomic E-state index is 11.5. The molecule has 1 fully saturated rings. The van der Waals surface area contributed by atoms with Crippen molar-refractivity contribution >= 4 is 29.6 Å². The molecule has 7 nitrogen and oxygen atoms in total. The van der Waals surface area contributed by atoms with Gasteiger partial charge in [-0.25, -0.2) is 16.8 Å². The monoisotopic (exact) mass is 327 g/mol. The van der Waals surface area contributed by atoms with Crippen molar-refractivity contribution in [2.75, 3.05) is 11.5 Å². The van der Waals surface area contributed by atoms with E-state index < -0.39 is 18.9 Å². The van der Waals surface area contributed by atoms with Crippen LogP contribution in [-0.4, -0.2) is 43.1 Å². The minimum atomic E-state index is -4.00. The van der Waals surface area contributed by atoms with Crippen molar-refractivity contribution in [1.82, 2.24) is 14.8 Å².